The van der Waals surface area contributed by atoms with Crippen LogP contribution in [0.5, 0.6) is 0 Å². The van der Waals surface area contributed by atoms with Gasteiger partial charge in [-0.25, -0.2) is 19.6 Å². The van der Waals surface area contributed by atoms with E-state index in [-0.39, 0.29) is 22.2 Å². The molecule has 20 heavy (non-hydrogen) atoms. The van der Waals surface area contributed by atoms with Gasteiger partial charge >= 0.3 is 0 Å². The van der Waals surface area contributed by atoms with Crippen molar-refractivity contribution in [1.29, 1.82) is 0 Å². The Labute approximate surface area is 117 Å². The lowest BCUT2D eigenvalue weighted by molar-refractivity contribution is 0.102. The van der Waals surface area contributed by atoms with Crippen molar-refractivity contribution in [3.05, 3.63) is 52.7 Å². The van der Waals surface area contributed by atoms with Crippen molar-refractivity contribution < 1.29 is 13.6 Å². The quantitative estimate of drug-likeness (QED) is 0.601. The molecule has 4 N–H and O–H groups in total. The smallest absolute Gasteiger partial charge is 0.275 e. The summed E-state index contributed by atoms with van der Waals surface area (Å²) < 4.78 is 25.8. The van der Waals surface area contributed by atoms with Crippen molar-refractivity contribution in [2.45, 2.75) is 0 Å². The van der Waals surface area contributed by atoms with E-state index in [1.807, 2.05) is 0 Å². The number of nitrogen functional groups attached to an aromatic ring is 1. The number of amides is 1. The number of nitrogens with zero attached hydrogens (tertiary/aromatic N) is 1. The van der Waals surface area contributed by atoms with Crippen LogP contribution in [0.15, 0.2) is 30.3 Å². The molecule has 1 aromatic carbocycles. The number of hydrogen-bond donors (Lipinski definition) is 3. The molecule has 2 rings (SSSR count). The maximum Gasteiger partial charge on any atom is 0.275 e. The topological polar surface area (TPSA) is 80.0 Å². The molecule has 0 atom stereocenters. The molecule has 0 bridgehead atoms. The molecular weight excluding hydrogens is 290 g/mol. The van der Waals surface area contributed by atoms with Crippen LogP contribution < -0.4 is 16.6 Å². The van der Waals surface area contributed by atoms with Gasteiger partial charge in [-0.2, -0.15) is 0 Å². The molecule has 0 aliphatic carbocycles. The van der Waals surface area contributed by atoms with E-state index in [1.165, 1.54) is 18.2 Å². The number of halogens is 3. The third-order valence-corrected chi connectivity index (χ3v) is 2.69. The van der Waals surface area contributed by atoms with E-state index in [9.17, 15) is 13.6 Å². The molecule has 0 radical (unpaired) electrons. The Balaban J connectivity index is 2.25. The fourth-order valence-corrected chi connectivity index (χ4v) is 1.64. The van der Waals surface area contributed by atoms with Gasteiger partial charge in [0.15, 0.2) is 11.6 Å². The zero-order valence-electron chi connectivity index (χ0n) is 9.95. The molecule has 1 amide bonds. The fraction of sp³-hybridized carbons (Fsp3) is 0. The van der Waals surface area contributed by atoms with Crippen LogP contribution in [0.25, 0.3) is 0 Å². The van der Waals surface area contributed by atoms with Gasteiger partial charge in [0.05, 0.1) is 5.02 Å². The van der Waals surface area contributed by atoms with E-state index in [1.54, 1.807) is 0 Å². The lowest BCUT2D eigenvalue weighted by Crippen LogP contribution is -2.17. The van der Waals surface area contributed by atoms with Gasteiger partial charge in [0, 0.05) is 11.8 Å². The van der Waals surface area contributed by atoms with E-state index in [0.717, 1.165) is 12.1 Å². The zero-order chi connectivity index (χ0) is 14.7. The highest BCUT2D eigenvalue weighted by molar-refractivity contribution is 6.34. The summed E-state index contributed by atoms with van der Waals surface area (Å²) in [6.07, 6.45) is 0. The van der Waals surface area contributed by atoms with Crippen LogP contribution in [0.3, 0.4) is 0 Å². The third-order valence-electron chi connectivity index (χ3n) is 2.39. The number of benzene rings is 1. The molecule has 2 aromatic rings. The molecular formula is C12H9ClF2N4O. The monoisotopic (exact) mass is 298 g/mol. The summed E-state index contributed by atoms with van der Waals surface area (Å²) in [6.45, 7) is 0. The van der Waals surface area contributed by atoms with Gasteiger partial charge in [-0.3, -0.25) is 4.79 Å². The van der Waals surface area contributed by atoms with Gasteiger partial charge in [-0.1, -0.05) is 11.6 Å². The van der Waals surface area contributed by atoms with Gasteiger partial charge in [0.1, 0.15) is 11.5 Å². The molecule has 0 unspecified atom stereocenters. The molecule has 1 heterocycles. The van der Waals surface area contributed by atoms with Crippen LogP contribution in [0, 0.1) is 11.6 Å². The summed E-state index contributed by atoms with van der Waals surface area (Å²) in [4.78, 5) is 15.8. The van der Waals surface area contributed by atoms with Gasteiger partial charge in [0.2, 0.25) is 0 Å². The normalized spacial score (nSPS) is 10.2. The average molecular weight is 299 g/mol. The molecule has 1 aromatic heterocycles. The van der Waals surface area contributed by atoms with Crippen molar-refractivity contribution in [2.24, 2.45) is 5.84 Å². The lowest BCUT2D eigenvalue weighted by atomic mass is 10.2. The van der Waals surface area contributed by atoms with E-state index < -0.39 is 17.5 Å². The minimum Gasteiger partial charge on any atom is -0.320 e. The second-order valence-electron chi connectivity index (χ2n) is 3.75. The summed E-state index contributed by atoms with van der Waals surface area (Å²) >= 11 is 5.84. The number of carbonyl (C=O) groups is 1. The lowest BCUT2D eigenvalue weighted by Gasteiger charge is -2.08. The first-order valence-electron chi connectivity index (χ1n) is 5.41. The zero-order valence-corrected chi connectivity index (χ0v) is 10.7. The maximum absolute atomic E-state index is 13.0. The number of hydrogen-bond acceptors (Lipinski definition) is 4. The van der Waals surface area contributed by atoms with Crippen LogP contribution in [0.1, 0.15) is 10.5 Å². The first-order valence-corrected chi connectivity index (χ1v) is 5.78. The number of aromatic nitrogens is 1. The molecule has 0 saturated heterocycles. The molecule has 0 aliphatic heterocycles. The highest BCUT2D eigenvalue weighted by Crippen LogP contribution is 2.19. The van der Waals surface area contributed by atoms with Gasteiger partial charge < -0.3 is 10.7 Å². The van der Waals surface area contributed by atoms with E-state index in [0.29, 0.717) is 0 Å². The first kappa shape index (κ1) is 14.2. The van der Waals surface area contributed by atoms with Crippen molar-refractivity contribution in [3.63, 3.8) is 0 Å². The van der Waals surface area contributed by atoms with Crippen LogP contribution in [-0.4, -0.2) is 10.9 Å². The first-order chi connectivity index (χ1) is 9.51. The summed E-state index contributed by atoms with van der Waals surface area (Å²) in [6, 6.07) is 5.89. The number of nitrogens with one attached hydrogen (secondary N) is 2. The Morgan fingerprint density at radius 1 is 1.20 bits per heavy atom. The Morgan fingerprint density at radius 2 is 1.95 bits per heavy atom. The van der Waals surface area contributed by atoms with E-state index >= 15 is 0 Å². The molecule has 0 saturated carbocycles. The summed E-state index contributed by atoms with van der Waals surface area (Å²) in [5.74, 6) is 2.68. The van der Waals surface area contributed by atoms with Crippen molar-refractivity contribution in [2.75, 3.05) is 10.7 Å². The molecule has 0 aliphatic rings. The van der Waals surface area contributed by atoms with Crippen LogP contribution in [-0.2, 0) is 0 Å². The average Bonchev–Trinajstić information content (AvgIpc) is 2.43. The van der Waals surface area contributed by atoms with Crippen LogP contribution >= 0.6 is 11.6 Å². The Bertz CT molecular complexity index is 666. The minimum atomic E-state index is -1.07. The number of anilines is 2. The fourth-order valence-electron chi connectivity index (χ4n) is 1.45. The molecule has 0 spiro atoms. The summed E-state index contributed by atoms with van der Waals surface area (Å²) in [7, 11) is 0. The van der Waals surface area contributed by atoms with Crippen molar-refractivity contribution >= 4 is 29.0 Å². The van der Waals surface area contributed by atoms with Crippen molar-refractivity contribution in [3.8, 4) is 0 Å². The van der Waals surface area contributed by atoms with Gasteiger partial charge in [-0.15, -0.1) is 0 Å². The number of nitrogens with two attached hydrogens (primary N) is 1. The summed E-state index contributed by atoms with van der Waals surface area (Å²) in [5, 5.41) is 2.46. The Kier molecular flexibility index (Phi) is 4.11. The number of rotatable bonds is 3. The van der Waals surface area contributed by atoms with E-state index in [4.69, 9.17) is 17.4 Å². The van der Waals surface area contributed by atoms with Crippen molar-refractivity contribution in [1.82, 2.24) is 4.98 Å². The standard InChI is InChI=1S/C12H9ClF2N4O/c13-7-2-4-10(19-16)18-11(7)12(20)17-6-1-3-8(14)9(15)5-6/h1-5H,16H2,(H,17,20)(H,18,19). The largest absolute Gasteiger partial charge is 0.320 e. The second kappa shape index (κ2) is 5.81. The second-order valence-corrected chi connectivity index (χ2v) is 4.16. The van der Waals surface area contributed by atoms with E-state index in [2.05, 4.69) is 15.7 Å². The maximum atomic E-state index is 13.0. The predicted molar refractivity (Wildman–Crippen MR) is 71.4 cm³/mol. The highest BCUT2D eigenvalue weighted by atomic mass is 35.5. The van der Waals surface area contributed by atoms with Crippen LogP contribution in [0.2, 0.25) is 5.02 Å². The molecule has 5 nitrogen and oxygen atoms in total. The molecule has 8 heteroatoms. The molecule has 0 fully saturated rings. The minimum absolute atomic E-state index is 0.0814. The number of carbonyl (C=O) groups excluding carboxylic acids is 1. The highest BCUT2D eigenvalue weighted by Gasteiger charge is 2.14. The number of hydrazine groups is 1. The molecule has 104 valence electrons. The Morgan fingerprint density at radius 3 is 2.60 bits per heavy atom. The van der Waals surface area contributed by atoms with Gasteiger partial charge in [-0.05, 0) is 24.3 Å². The predicted octanol–water partition coefficient (Wildman–Crippen LogP) is 2.55. The number of pyridine rings is 1. The van der Waals surface area contributed by atoms with Crippen LogP contribution in [0.4, 0.5) is 20.3 Å². The third kappa shape index (κ3) is 3.01. The summed E-state index contributed by atoms with van der Waals surface area (Å²) in [5.41, 5.74) is 2.26. The SMILES string of the molecule is NNc1ccc(Cl)c(C(=O)Nc2ccc(F)c(F)c2)n1. The van der Waals surface area contributed by atoms with Gasteiger partial charge in [0.25, 0.3) is 5.91 Å². The Hall–Kier alpha value is -2.25.